The van der Waals surface area contributed by atoms with Crippen molar-refractivity contribution in [3.8, 4) is 16.9 Å². The minimum Gasteiger partial charge on any atom is -0.491 e. The molecule has 1 aliphatic heterocycles. The van der Waals surface area contributed by atoms with Crippen LogP contribution in [-0.4, -0.2) is 33.1 Å². The Labute approximate surface area is 187 Å². The van der Waals surface area contributed by atoms with Crippen LogP contribution in [0.25, 0.3) is 22.2 Å². The molecule has 6 heteroatoms. The zero-order chi connectivity index (χ0) is 21.7. The number of ether oxygens (including phenoxy) is 1. The van der Waals surface area contributed by atoms with Crippen LogP contribution in [0.3, 0.4) is 0 Å². The highest BCUT2D eigenvalue weighted by Gasteiger charge is 2.25. The van der Waals surface area contributed by atoms with Crippen LogP contribution >= 0.6 is 0 Å². The molecule has 0 radical (unpaired) electrons. The Bertz CT molecular complexity index is 1310. The summed E-state index contributed by atoms with van der Waals surface area (Å²) in [7, 11) is 0. The summed E-state index contributed by atoms with van der Waals surface area (Å²) in [6.07, 6.45) is 5.04. The molecule has 6 rings (SSSR count). The van der Waals surface area contributed by atoms with E-state index in [1.165, 1.54) is 34.4 Å². The van der Waals surface area contributed by atoms with Crippen molar-refractivity contribution in [2.24, 2.45) is 5.92 Å². The molecule has 2 aromatic heterocycles. The Kier molecular flexibility index (Phi) is 4.59. The SMILES string of the molecule is Cc1nc2ccc(-c3ccc4c(c3)CN(c3ncnc5c3CCC(C)C5)CCO4)cc2[nH]1. The Hall–Kier alpha value is -3.41. The number of imidazole rings is 1. The molecule has 0 spiro atoms. The minimum absolute atomic E-state index is 0.654. The topological polar surface area (TPSA) is 66.9 Å². The normalized spacial score (nSPS) is 18.1. The molecule has 3 heterocycles. The highest BCUT2D eigenvalue weighted by molar-refractivity contribution is 5.82. The van der Waals surface area contributed by atoms with Crippen molar-refractivity contribution in [2.45, 2.75) is 39.7 Å². The van der Waals surface area contributed by atoms with E-state index in [1.807, 2.05) is 6.92 Å². The number of aromatic nitrogens is 4. The van der Waals surface area contributed by atoms with Crippen molar-refractivity contribution in [3.05, 3.63) is 65.4 Å². The molecule has 2 aliphatic rings. The van der Waals surface area contributed by atoms with E-state index in [0.29, 0.717) is 12.5 Å². The van der Waals surface area contributed by atoms with Crippen LogP contribution in [0.1, 0.15) is 36.0 Å². The van der Waals surface area contributed by atoms with Crippen molar-refractivity contribution in [1.29, 1.82) is 0 Å². The van der Waals surface area contributed by atoms with E-state index in [2.05, 4.69) is 63.2 Å². The number of fused-ring (bicyclic) bond motifs is 3. The molecule has 162 valence electrons. The van der Waals surface area contributed by atoms with Gasteiger partial charge < -0.3 is 14.6 Å². The number of rotatable bonds is 2. The van der Waals surface area contributed by atoms with Gasteiger partial charge in [0.25, 0.3) is 0 Å². The quantitative estimate of drug-likeness (QED) is 0.497. The number of hydrogen-bond donors (Lipinski definition) is 1. The molecule has 0 bridgehead atoms. The number of nitrogens with zero attached hydrogens (tertiary/aromatic N) is 4. The zero-order valence-corrected chi connectivity index (χ0v) is 18.6. The first-order valence-electron chi connectivity index (χ1n) is 11.4. The third kappa shape index (κ3) is 3.40. The van der Waals surface area contributed by atoms with Gasteiger partial charge in [0.1, 0.15) is 30.3 Å². The third-order valence-electron chi connectivity index (χ3n) is 6.71. The van der Waals surface area contributed by atoms with Gasteiger partial charge in [-0.3, -0.25) is 0 Å². The largest absolute Gasteiger partial charge is 0.491 e. The average molecular weight is 426 g/mol. The van der Waals surface area contributed by atoms with Crippen LogP contribution in [0.2, 0.25) is 0 Å². The lowest BCUT2D eigenvalue weighted by atomic mass is 9.88. The Morgan fingerprint density at radius 2 is 1.97 bits per heavy atom. The second kappa shape index (κ2) is 7.62. The maximum atomic E-state index is 6.12. The summed E-state index contributed by atoms with van der Waals surface area (Å²) < 4.78 is 6.12. The highest BCUT2D eigenvalue weighted by atomic mass is 16.5. The van der Waals surface area contributed by atoms with Gasteiger partial charge in [0.2, 0.25) is 0 Å². The van der Waals surface area contributed by atoms with E-state index in [1.54, 1.807) is 6.33 Å². The van der Waals surface area contributed by atoms with Gasteiger partial charge >= 0.3 is 0 Å². The summed E-state index contributed by atoms with van der Waals surface area (Å²) >= 11 is 0. The molecule has 0 saturated carbocycles. The number of benzene rings is 2. The van der Waals surface area contributed by atoms with Crippen molar-refractivity contribution in [3.63, 3.8) is 0 Å². The molecular weight excluding hydrogens is 398 g/mol. The molecule has 1 atom stereocenters. The van der Waals surface area contributed by atoms with Gasteiger partial charge in [-0.25, -0.2) is 15.0 Å². The molecule has 1 N–H and O–H groups in total. The van der Waals surface area contributed by atoms with Crippen molar-refractivity contribution < 1.29 is 4.74 Å². The fourth-order valence-electron chi connectivity index (χ4n) is 5.04. The van der Waals surface area contributed by atoms with Crippen molar-refractivity contribution >= 4 is 16.9 Å². The fraction of sp³-hybridized carbons (Fsp3) is 0.346. The van der Waals surface area contributed by atoms with Gasteiger partial charge in [0.05, 0.1) is 17.6 Å². The van der Waals surface area contributed by atoms with E-state index in [9.17, 15) is 0 Å². The summed E-state index contributed by atoms with van der Waals surface area (Å²) in [5, 5.41) is 0. The second-order valence-corrected chi connectivity index (χ2v) is 9.12. The summed E-state index contributed by atoms with van der Waals surface area (Å²) in [6.45, 7) is 6.56. The van der Waals surface area contributed by atoms with E-state index in [-0.39, 0.29) is 0 Å². The van der Waals surface area contributed by atoms with E-state index in [4.69, 9.17) is 9.72 Å². The van der Waals surface area contributed by atoms with Gasteiger partial charge in [-0.2, -0.15) is 0 Å². The van der Waals surface area contributed by atoms with Crippen LogP contribution in [-0.2, 0) is 19.4 Å². The predicted molar refractivity (Wildman–Crippen MR) is 126 cm³/mol. The van der Waals surface area contributed by atoms with Crippen LogP contribution in [0.4, 0.5) is 5.82 Å². The number of anilines is 1. The van der Waals surface area contributed by atoms with Crippen LogP contribution in [0.15, 0.2) is 42.7 Å². The maximum absolute atomic E-state index is 6.12. The monoisotopic (exact) mass is 425 g/mol. The average Bonchev–Trinajstić information content (AvgIpc) is 3.04. The standard InChI is InChI=1S/C26H27N5O/c1-16-3-6-21-23(11-16)27-15-28-26(21)31-9-10-32-25-8-5-18(12-20(25)14-31)19-4-7-22-24(13-19)30-17(2)29-22/h4-5,7-8,12-13,15-16H,3,6,9-11,14H2,1-2H3,(H,29,30). The van der Waals surface area contributed by atoms with Crippen LogP contribution in [0, 0.1) is 12.8 Å². The number of aromatic amines is 1. The first-order valence-corrected chi connectivity index (χ1v) is 11.4. The Morgan fingerprint density at radius 3 is 2.91 bits per heavy atom. The molecule has 4 aromatic rings. The smallest absolute Gasteiger partial charge is 0.135 e. The molecular formula is C26H27N5O. The van der Waals surface area contributed by atoms with Crippen molar-refractivity contribution in [1.82, 2.24) is 19.9 Å². The van der Waals surface area contributed by atoms with Gasteiger partial charge in [0.15, 0.2) is 0 Å². The zero-order valence-electron chi connectivity index (χ0n) is 18.6. The van der Waals surface area contributed by atoms with Gasteiger partial charge in [-0.05, 0) is 67.5 Å². The van der Waals surface area contributed by atoms with Gasteiger partial charge in [0, 0.05) is 23.4 Å². The summed E-state index contributed by atoms with van der Waals surface area (Å²) in [6, 6.07) is 12.9. The maximum Gasteiger partial charge on any atom is 0.135 e. The lowest BCUT2D eigenvalue weighted by molar-refractivity contribution is 0.331. The minimum atomic E-state index is 0.654. The first-order chi connectivity index (χ1) is 15.6. The van der Waals surface area contributed by atoms with E-state index in [0.717, 1.165) is 54.4 Å². The number of nitrogens with one attached hydrogen (secondary N) is 1. The Balaban J connectivity index is 1.35. The lowest BCUT2D eigenvalue weighted by Crippen LogP contribution is -2.29. The molecule has 0 fully saturated rings. The lowest BCUT2D eigenvalue weighted by Gasteiger charge is -2.28. The van der Waals surface area contributed by atoms with Crippen molar-refractivity contribution in [2.75, 3.05) is 18.1 Å². The van der Waals surface area contributed by atoms with E-state index >= 15 is 0 Å². The third-order valence-corrected chi connectivity index (χ3v) is 6.71. The molecule has 32 heavy (non-hydrogen) atoms. The second-order valence-electron chi connectivity index (χ2n) is 9.12. The molecule has 1 aliphatic carbocycles. The highest BCUT2D eigenvalue weighted by Crippen LogP contribution is 2.34. The summed E-state index contributed by atoms with van der Waals surface area (Å²) in [5.74, 6) is 3.67. The van der Waals surface area contributed by atoms with Crippen LogP contribution in [0.5, 0.6) is 5.75 Å². The Morgan fingerprint density at radius 1 is 1.09 bits per heavy atom. The predicted octanol–water partition coefficient (Wildman–Crippen LogP) is 4.85. The fourth-order valence-corrected chi connectivity index (χ4v) is 5.04. The first kappa shape index (κ1) is 19.3. The van der Waals surface area contributed by atoms with Crippen LogP contribution < -0.4 is 9.64 Å². The summed E-state index contributed by atoms with van der Waals surface area (Å²) in [4.78, 5) is 19.5. The number of hydrogen-bond acceptors (Lipinski definition) is 5. The molecule has 2 aromatic carbocycles. The number of H-pyrrole nitrogens is 1. The van der Waals surface area contributed by atoms with Gasteiger partial charge in [-0.1, -0.05) is 19.1 Å². The van der Waals surface area contributed by atoms with E-state index < -0.39 is 0 Å². The molecule has 6 nitrogen and oxygen atoms in total. The summed E-state index contributed by atoms with van der Waals surface area (Å²) in [5.41, 5.74) is 8.15. The van der Waals surface area contributed by atoms with Gasteiger partial charge in [-0.15, -0.1) is 0 Å². The molecule has 0 saturated heterocycles. The number of aryl methyl sites for hydroxylation is 1. The molecule has 1 unspecified atom stereocenters. The molecule has 0 amide bonds.